The fourth-order valence-electron chi connectivity index (χ4n) is 8.68. The number of fused-ring (bicyclic) bond motifs is 5. The molecule has 0 aromatic rings. The van der Waals surface area contributed by atoms with Gasteiger partial charge in [-0.25, -0.2) is 4.79 Å². The third kappa shape index (κ3) is 6.43. The summed E-state index contributed by atoms with van der Waals surface area (Å²) >= 11 is 7.43. The zero-order chi connectivity index (χ0) is 34.9. The SMILES string of the molecule is CC(=O)NC(CC(=O)OCC(=O)C1(O)[C@@H](C)C[C@H]2[C@@H]3CCC4=CC(=O)C=C[C@]4(C)[C@@]3(Cl)[C@@H](O)C[C@@]21C)C(=O)OCCCCO[N+](=O)[O-]. The van der Waals surface area contributed by atoms with Crippen LogP contribution in [0.2, 0.25) is 0 Å². The van der Waals surface area contributed by atoms with E-state index < -0.39 is 81.1 Å². The highest BCUT2D eigenvalue weighted by Crippen LogP contribution is 2.71. The van der Waals surface area contributed by atoms with Crippen LogP contribution < -0.4 is 5.32 Å². The molecular formula is C32H43ClN2O12. The Morgan fingerprint density at radius 2 is 1.85 bits per heavy atom. The summed E-state index contributed by atoms with van der Waals surface area (Å²) in [5.74, 6) is -4.56. The van der Waals surface area contributed by atoms with E-state index in [1.807, 2.05) is 6.92 Å². The number of rotatable bonds is 13. The zero-order valence-corrected chi connectivity index (χ0v) is 27.7. The first-order chi connectivity index (χ1) is 21.9. The molecule has 0 heterocycles. The van der Waals surface area contributed by atoms with Gasteiger partial charge in [0.1, 0.15) is 11.6 Å². The Balaban J connectivity index is 1.42. The number of allylic oxidation sites excluding steroid dienone is 4. The van der Waals surface area contributed by atoms with Gasteiger partial charge in [0.2, 0.25) is 11.7 Å². The van der Waals surface area contributed by atoms with Crippen molar-refractivity contribution in [2.75, 3.05) is 19.8 Å². The summed E-state index contributed by atoms with van der Waals surface area (Å²) in [6.45, 7) is 5.43. The first kappa shape index (κ1) is 36.5. The van der Waals surface area contributed by atoms with Gasteiger partial charge in [-0.15, -0.1) is 21.7 Å². The summed E-state index contributed by atoms with van der Waals surface area (Å²) in [5, 5.41) is 35.4. The van der Waals surface area contributed by atoms with E-state index in [9.17, 15) is 44.3 Å². The summed E-state index contributed by atoms with van der Waals surface area (Å²) < 4.78 is 10.3. The van der Waals surface area contributed by atoms with Crippen molar-refractivity contribution in [3.63, 3.8) is 0 Å². The van der Waals surface area contributed by atoms with E-state index >= 15 is 0 Å². The van der Waals surface area contributed by atoms with Crippen molar-refractivity contribution in [2.45, 2.75) is 95.3 Å². The molecule has 0 spiro atoms. The number of carbonyl (C=O) groups excluding carboxylic acids is 5. The minimum Gasteiger partial charge on any atom is -0.464 e. The summed E-state index contributed by atoms with van der Waals surface area (Å²) in [4.78, 5) is 76.1. The maximum Gasteiger partial charge on any atom is 0.329 e. The molecule has 0 aromatic carbocycles. The lowest BCUT2D eigenvalue weighted by Crippen LogP contribution is -2.69. The molecule has 2 unspecified atom stereocenters. The first-order valence-electron chi connectivity index (χ1n) is 15.8. The van der Waals surface area contributed by atoms with Gasteiger partial charge in [0.15, 0.2) is 12.4 Å². The maximum atomic E-state index is 13.8. The molecule has 0 radical (unpaired) electrons. The van der Waals surface area contributed by atoms with Crippen molar-refractivity contribution in [1.29, 1.82) is 0 Å². The highest BCUT2D eigenvalue weighted by atomic mass is 35.5. The number of unbranched alkanes of at least 4 members (excludes halogenated alkanes) is 1. The summed E-state index contributed by atoms with van der Waals surface area (Å²) in [6, 6.07) is -1.42. The van der Waals surface area contributed by atoms with Crippen LogP contribution in [0, 0.1) is 38.7 Å². The number of halogens is 1. The molecule has 4 rings (SSSR count). The molecule has 3 fully saturated rings. The number of aliphatic hydroxyl groups is 2. The Kier molecular flexibility index (Phi) is 10.6. The quantitative estimate of drug-likeness (QED) is 0.0839. The number of carbonyl (C=O) groups is 5. The molecule has 0 bridgehead atoms. The third-order valence-electron chi connectivity index (χ3n) is 11.0. The number of Topliss-reactive ketones (excluding diaryl/α,β-unsaturated/α-hetero) is 1. The van der Waals surface area contributed by atoms with Crippen LogP contribution in [0.25, 0.3) is 0 Å². The molecule has 4 aliphatic rings. The van der Waals surface area contributed by atoms with Crippen LogP contribution in [0.15, 0.2) is 23.8 Å². The van der Waals surface area contributed by atoms with Crippen LogP contribution in [0.5, 0.6) is 0 Å². The molecule has 260 valence electrons. The van der Waals surface area contributed by atoms with Gasteiger partial charge >= 0.3 is 11.9 Å². The predicted molar refractivity (Wildman–Crippen MR) is 164 cm³/mol. The van der Waals surface area contributed by atoms with Gasteiger partial charge in [-0.2, -0.15) is 0 Å². The Labute approximate surface area is 277 Å². The molecule has 3 N–H and O–H groups in total. The third-order valence-corrected chi connectivity index (χ3v) is 11.9. The second-order valence-corrected chi connectivity index (χ2v) is 14.3. The van der Waals surface area contributed by atoms with Crippen molar-refractivity contribution in [2.24, 2.45) is 28.6 Å². The highest BCUT2D eigenvalue weighted by Gasteiger charge is 2.74. The van der Waals surface area contributed by atoms with E-state index in [1.54, 1.807) is 26.0 Å². The minimum atomic E-state index is -1.97. The average molecular weight is 683 g/mol. The Morgan fingerprint density at radius 3 is 2.51 bits per heavy atom. The number of hydrogen-bond donors (Lipinski definition) is 3. The van der Waals surface area contributed by atoms with Crippen LogP contribution in [0.4, 0.5) is 0 Å². The smallest absolute Gasteiger partial charge is 0.329 e. The highest BCUT2D eigenvalue weighted by molar-refractivity contribution is 6.26. The lowest BCUT2D eigenvalue weighted by molar-refractivity contribution is -0.757. The number of amides is 1. The summed E-state index contributed by atoms with van der Waals surface area (Å²) in [7, 11) is 0. The molecule has 9 atom stereocenters. The molecule has 0 aliphatic heterocycles. The van der Waals surface area contributed by atoms with Crippen LogP contribution >= 0.6 is 11.6 Å². The van der Waals surface area contributed by atoms with Gasteiger partial charge < -0.3 is 29.8 Å². The van der Waals surface area contributed by atoms with Gasteiger partial charge in [0.05, 0.1) is 30.6 Å². The van der Waals surface area contributed by atoms with E-state index in [2.05, 4.69) is 10.2 Å². The Morgan fingerprint density at radius 1 is 1.17 bits per heavy atom. The maximum absolute atomic E-state index is 13.8. The number of hydrogen-bond acceptors (Lipinski definition) is 12. The van der Waals surface area contributed by atoms with Gasteiger partial charge in [-0.05, 0) is 68.4 Å². The summed E-state index contributed by atoms with van der Waals surface area (Å²) in [5.41, 5.74) is -3.03. The Bertz CT molecular complexity index is 1380. The normalized spacial score (nSPS) is 36.1. The van der Waals surface area contributed by atoms with Gasteiger partial charge in [-0.1, -0.05) is 32.4 Å². The van der Waals surface area contributed by atoms with Crippen LogP contribution in [0.3, 0.4) is 0 Å². The van der Waals surface area contributed by atoms with E-state index in [4.69, 9.17) is 21.1 Å². The van der Waals surface area contributed by atoms with E-state index in [0.29, 0.717) is 19.3 Å². The van der Waals surface area contributed by atoms with Gasteiger partial charge in [-0.3, -0.25) is 19.2 Å². The second kappa shape index (κ2) is 13.6. The molecule has 0 aromatic heterocycles. The molecular weight excluding hydrogens is 640 g/mol. The number of nitrogens with zero attached hydrogens (tertiary/aromatic N) is 1. The monoisotopic (exact) mass is 682 g/mol. The molecule has 47 heavy (non-hydrogen) atoms. The second-order valence-electron chi connectivity index (χ2n) is 13.6. The van der Waals surface area contributed by atoms with Gasteiger partial charge in [0.25, 0.3) is 5.09 Å². The lowest BCUT2D eigenvalue weighted by Gasteiger charge is -2.63. The minimum absolute atomic E-state index is 0.00253. The van der Waals surface area contributed by atoms with Gasteiger partial charge in [0, 0.05) is 17.8 Å². The van der Waals surface area contributed by atoms with Crippen LogP contribution in [0.1, 0.15) is 72.6 Å². The van der Waals surface area contributed by atoms with Crippen molar-refractivity contribution in [1.82, 2.24) is 5.32 Å². The number of esters is 2. The van der Waals surface area contributed by atoms with E-state index in [1.165, 1.54) is 6.08 Å². The van der Waals surface area contributed by atoms with Crippen molar-refractivity contribution >= 4 is 41.0 Å². The number of nitrogens with one attached hydrogen (secondary N) is 1. The number of ether oxygens (including phenoxy) is 2. The standard InChI is InChI=1S/C32H43ClN2O12/c1-18-13-23-22-8-7-20-14-21(37)9-10-29(20,3)31(22,33)25(38)16-30(23,4)32(18,42)26(39)17-46-27(40)15-24(34-19(2)36)28(41)45-11-5-6-12-47-35(43)44/h9-10,14,18,22-25,38,42H,5-8,11-13,15-17H2,1-4H3,(H,34,36)/t18-,22-,23-,24?,25-,29-,30-,31-,32?/m0/s1. The van der Waals surface area contributed by atoms with Crippen molar-refractivity contribution in [3.8, 4) is 0 Å². The summed E-state index contributed by atoms with van der Waals surface area (Å²) in [6.07, 6.45) is 5.06. The molecule has 1 amide bonds. The molecule has 0 saturated heterocycles. The number of aliphatic hydroxyl groups excluding tert-OH is 1. The molecule has 14 nitrogen and oxygen atoms in total. The lowest BCUT2D eigenvalue weighted by atomic mass is 9.45. The predicted octanol–water partition coefficient (Wildman–Crippen LogP) is 2.14. The first-order valence-corrected chi connectivity index (χ1v) is 16.2. The van der Waals surface area contributed by atoms with E-state index in [-0.39, 0.29) is 50.1 Å². The van der Waals surface area contributed by atoms with E-state index in [0.717, 1.165) is 12.5 Å². The molecule has 3 saturated carbocycles. The number of ketones is 2. The topological polar surface area (TPSA) is 209 Å². The fourth-order valence-corrected chi connectivity index (χ4v) is 9.20. The Hall–Kier alpha value is -3.36. The average Bonchev–Trinajstić information content (AvgIpc) is 3.19. The van der Waals surface area contributed by atoms with Crippen molar-refractivity contribution in [3.05, 3.63) is 33.9 Å². The van der Waals surface area contributed by atoms with Crippen LogP contribution in [-0.2, 0) is 38.3 Å². The number of alkyl halides is 1. The zero-order valence-electron chi connectivity index (χ0n) is 27.0. The largest absolute Gasteiger partial charge is 0.464 e. The van der Waals surface area contributed by atoms with Crippen molar-refractivity contribution < 1.29 is 53.6 Å². The molecule has 4 aliphatic carbocycles. The fraction of sp³-hybridized carbons (Fsp3) is 0.719. The molecule has 15 heteroatoms. The van der Waals surface area contributed by atoms with Crippen LogP contribution in [-0.4, -0.2) is 87.2 Å².